The smallest absolute Gasteiger partial charge is 0.306 e. The number of hydrogen-bond acceptors (Lipinski definition) is 2. The lowest BCUT2D eigenvalue weighted by Crippen LogP contribution is -2.19. The molecule has 0 amide bonds. The van der Waals surface area contributed by atoms with Crippen molar-refractivity contribution >= 4 is 11.9 Å². The van der Waals surface area contributed by atoms with Crippen LogP contribution in [0.5, 0.6) is 0 Å². The van der Waals surface area contributed by atoms with Crippen LogP contribution in [0.3, 0.4) is 0 Å². The lowest BCUT2D eigenvalue weighted by atomic mass is 9.90. The highest BCUT2D eigenvalue weighted by atomic mass is 16.4. The molecule has 1 atom stereocenters. The van der Waals surface area contributed by atoms with Crippen molar-refractivity contribution < 1.29 is 19.8 Å². The van der Waals surface area contributed by atoms with Gasteiger partial charge in [-0.15, -0.1) is 0 Å². The summed E-state index contributed by atoms with van der Waals surface area (Å²) in [6, 6.07) is 0. The summed E-state index contributed by atoms with van der Waals surface area (Å²) in [6.45, 7) is 8.55. The van der Waals surface area contributed by atoms with Crippen LogP contribution in [-0.4, -0.2) is 22.2 Å². The Balaban J connectivity index is 0. The molecule has 0 bridgehead atoms. The van der Waals surface area contributed by atoms with Crippen LogP contribution in [0.4, 0.5) is 0 Å². The standard InChI is InChI=1S/C19H38O2.C16H32O2/c1-4-5-6-7-8-9-10-11-12-13-14-15-16-18(17(2)3)19(20)21;1-2-3-4-5-6-7-8-9-10-11-12-13-14-15-16(17)18/h17-18H,4-16H2,1-3H3,(H,20,21);2-15H2,1H3,(H,17,18). The Labute approximate surface area is 244 Å². The molecular formula is C35H70O4. The first-order chi connectivity index (χ1) is 18.9. The molecule has 0 aromatic heterocycles. The number of carboxylic acid groups (broad SMARTS) is 2. The molecule has 1 unspecified atom stereocenters. The average Bonchev–Trinajstić information content (AvgIpc) is 2.89. The SMILES string of the molecule is CCCCCCCCCCCCCCC(C(=O)O)C(C)C.CCCCCCCCCCCCCCCC(=O)O. The van der Waals surface area contributed by atoms with Gasteiger partial charge < -0.3 is 10.2 Å². The normalized spacial score (nSPS) is 11.8. The topological polar surface area (TPSA) is 74.6 Å². The van der Waals surface area contributed by atoms with Crippen molar-refractivity contribution in [3.05, 3.63) is 0 Å². The van der Waals surface area contributed by atoms with Crippen LogP contribution in [0, 0.1) is 11.8 Å². The van der Waals surface area contributed by atoms with E-state index in [9.17, 15) is 9.59 Å². The number of unbranched alkanes of at least 4 members (excludes halogenated alkanes) is 23. The molecule has 0 fully saturated rings. The maximum Gasteiger partial charge on any atom is 0.306 e. The fourth-order valence-corrected chi connectivity index (χ4v) is 5.24. The Morgan fingerprint density at radius 1 is 0.462 bits per heavy atom. The van der Waals surface area contributed by atoms with Crippen LogP contribution in [0.1, 0.15) is 201 Å². The Morgan fingerprint density at radius 3 is 1.00 bits per heavy atom. The highest BCUT2D eigenvalue weighted by Gasteiger charge is 2.20. The summed E-state index contributed by atoms with van der Waals surface area (Å²) in [7, 11) is 0. The number of carbonyl (C=O) groups is 2. The van der Waals surface area contributed by atoms with E-state index in [1.807, 2.05) is 13.8 Å². The van der Waals surface area contributed by atoms with Crippen molar-refractivity contribution in [1.82, 2.24) is 0 Å². The maximum atomic E-state index is 11.1. The van der Waals surface area contributed by atoms with E-state index in [2.05, 4.69) is 13.8 Å². The molecule has 0 radical (unpaired) electrons. The van der Waals surface area contributed by atoms with Gasteiger partial charge in [-0.3, -0.25) is 9.59 Å². The lowest BCUT2D eigenvalue weighted by molar-refractivity contribution is -0.143. The molecule has 0 saturated carbocycles. The molecule has 4 nitrogen and oxygen atoms in total. The van der Waals surface area contributed by atoms with Gasteiger partial charge in [0.2, 0.25) is 0 Å². The van der Waals surface area contributed by atoms with Crippen molar-refractivity contribution in [3.8, 4) is 0 Å². The molecule has 0 aromatic carbocycles. The van der Waals surface area contributed by atoms with Gasteiger partial charge in [0, 0.05) is 6.42 Å². The van der Waals surface area contributed by atoms with E-state index in [1.165, 1.54) is 141 Å². The largest absolute Gasteiger partial charge is 0.481 e. The molecule has 0 aliphatic heterocycles. The van der Waals surface area contributed by atoms with Gasteiger partial charge in [0.05, 0.1) is 5.92 Å². The Kier molecular flexibility index (Phi) is 34.1. The number of rotatable bonds is 29. The fourth-order valence-electron chi connectivity index (χ4n) is 5.24. The van der Waals surface area contributed by atoms with Crippen molar-refractivity contribution in [2.24, 2.45) is 11.8 Å². The van der Waals surface area contributed by atoms with Gasteiger partial charge in [0.15, 0.2) is 0 Å². The van der Waals surface area contributed by atoms with Gasteiger partial charge >= 0.3 is 11.9 Å². The predicted molar refractivity (Wildman–Crippen MR) is 170 cm³/mol. The molecule has 0 rings (SSSR count). The van der Waals surface area contributed by atoms with E-state index >= 15 is 0 Å². The van der Waals surface area contributed by atoms with E-state index in [-0.39, 0.29) is 11.8 Å². The third-order valence-corrected chi connectivity index (χ3v) is 7.98. The second kappa shape index (κ2) is 33.1. The molecule has 0 aliphatic carbocycles. The first-order valence-corrected chi connectivity index (χ1v) is 17.3. The Bertz CT molecular complexity index is 503. The molecule has 0 aromatic rings. The van der Waals surface area contributed by atoms with Crippen LogP contribution in [0.2, 0.25) is 0 Å². The van der Waals surface area contributed by atoms with Crippen LogP contribution < -0.4 is 0 Å². The zero-order chi connectivity index (χ0) is 29.4. The minimum atomic E-state index is -0.655. The second-order valence-electron chi connectivity index (χ2n) is 12.3. The third kappa shape index (κ3) is 34.9. The molecule has 4 heteroatoms. The minimum absolute atomic E-state index is 0.145. The lowest BCUT2D eigenvalue weighted by Gasteiger charge is -2.15. The summed E-state index contributed by atoms with van der Waals surface area (Å²) >= 11 is 0. The third-order valence-electron chi connectivity index (χ3n) is 7.98. The number of carboxylic acids is 2. The molecule has 0 aliphatic rings. The molecular weight excluding hydrogens is 484 g/mol. The first kappa shape index (κ1) is 40.1. The van der Waals surface area contributed by atoms with Gasteiger partial charge in [-0.1, -0.05) is 182 Å². The van der Waals surface area contributed by atoms with Crippen LogP contribution in [-0.2, 0) is 9.59 Å². The molecule has 2 N–H and O–H groups in total. The van der Waals surface area contributed by atoms with Crippen LogP contribution >= 0.6 is 0 Å². The fraction of sp³-hybridized carbons (Fsp3) is 0.943. The minimum Gasteiger partial charge on any atom is -0.481 e. The van der Waals surface area contributed by atoms with E-state index in [0.717, 1.165) is 25.7 Å². The maximum absolute atomic E-state index is 11.1. The quantitative estimate of drug-likeness (QED) is 0.0901. The first-order valence-electron chi connectivity index (χ1n) is 17.3. The van der Waals surface area contributed by atoms with Crippen molar-refractivity contribution in [1.29, 1.82) is 0 Å². The van der Waals surface area contributed by atoms with E-state index in [4.69, 9.17) is 10.2 Å². The average molecular weight is 555 g/mol. The summed E-state index contributed by atoms with van der Waals surface area (Å²) in [6.07, 6.45) is 34.1. The summed E-state index contributed by atoms with van der Waals surface area (Å²) < 4.78 is 0. The van der Waals surface area contributed by atoms with Gasteiger partial charge in [-0.2, -0.15) is 0 Å². The van der Waals surface area contributed by atoms with E-state index < -0.39 is 11.9 Å². The predicted octanol–water partition coefficient (Wildman–Crippen LogP) is 12.0. The van der Waals surface area contributed by atoms with Crippen molar-refractivity contribution in [3.63, 3.8) is 0 Å². The van der Waals surface area contributed by atoms with Crippen LogP contribution in [0.15, 0.2) is 0 Å². The summed E-state index contributed by atoms with van der Waals surface area (Å²) in [4.78, 5) is 21.4. The summed E-state index contributed by atoms with van der Waals surface area (Å²) in [5.74, 6) is -1.16. The van der Waals surface area contributed by atoms with Gasteiger partial charge in [-0.05, 0) is 18.8 Å². The summed E-state index contributed by atoms with van der Waals surface area (Å²) in [5.41, 5.74) is 0. The Morgan fingerprint density at radius 2 is 0.744 bits per heavy atom. The van der Waals surface area contributed by atoms with Gasteiger partial charge in [-0.25, -0.2) is 0 Å². The highest BCUT2D eigenvalue weighted by molar-refractivity contribution is 5.70. The molecule has 0 spiro atoms. The number of hydrogen-bond donors (Lipinski definition) is 2. The molecule has 0 heterocycles. The van der Waals surface area contributed by atoms with Gasteiger partial charge in [0.25, 0.3) is 0 Å². The Hall–Kier alpha value is -1.06. The molecule has 0 saturated heterocycles. The summed E-state index contributed by atoms with van der Waals surface area (Å²) in [5, 5.41) is 17.6. The highest BCUT2D eigenvalue weighted by Crippen LogP contribution is 2.20. The second-order valence-corrected chi connectivity index (χ2v) is 12.3. The monoisotopic (exact) mass is 555 g/mol. The van der Waals surface area contributed by atoms with Crippen LogP contribution in [0.25, 0.3) is 0 Å². The van der Waals surface area contributed by atoms with E-state index in [1.54, 1.807) is 0 Å². The zero-order valence-corrected chi connectivity index (χ0v) is 27.0. The van der Waals surface area contributed by atoms with Crippen molar-refractivity contribution in [2.45, 2.75) is 201 Å². The van der Waals surface area contributed by atoms with Crippen molar-refractivity contribution in [2.75, 3.05) is 0 Å². The zero-order valence-electron chi connectivity index (χ0n) is 27.0. The molecule has 39 heavy (non-hydrogen) atoms. The molecule has 234 valence electrons. The van der Waals surface area contributed by atoms with E-state index in [0.29, 0.717) is 6.42 Å². The number of aliphatic carboxylic acids is 2. The van der Waals surface area contributed by atoms with Gasteiger partial charge in [0.1, 0.15) is 0 Å².